The van der Waals surface area contributed by atoms with Crippen molar-refractivity contribution in [1.82, 2.24) is 20.0 Å². The number of likely N-dealkylation sites (N-methyl/N-ethyl adjacent to an activating group) is 1. The van der Waals surface area contributed by atoms with Gasteiger partial charge in [-0.3, -0.25) is 9.59 Å². The van der Waals surface area contributed by atoms with Crippen molar-refractivity contribution in [2.45, 2.75) is 84.9 Å². The lowest BCUT2D eigenvalue weighted by Crippen LogP contribution is -2.55. The van der Waals surface area contributed by atoms with Gasteiger partial charge in [-0.25, -0.2) is 4.79 Å². The van der Waals surface area contributed by atoms with Crippen LogP contribution >= 0.6 is 11.6 Å². The zero-order valence-corrected chi connectivity index (χ0v) is 27.6. The number of benzene rings is 2. The summed E-state index contributed by atoms with van der Waals surface area (Å²) in [5, 5.41) is 11.4. The fourth-order valence-corrected chi connectivity index (χ4v) is 5.46. The molecule has 0 bridgehead atoms. The second kappa shape index (κ2) is 12.8. The van der Waals surface area contributed by atoms with Crippen molar-refractivity contribution in [2.75, 3.05) is 19.4 Å². The summed E-state index contributed by atoms with van der Waals surface area (Å²) in [6.45, 7) is 14.9. The molecule has 0 unspecified atom stereocenters. The Morgan fingerprint density at radius 2 is 1.65 bits per heavy atom. The molecule has 2 N–H and O–H groups in total. The van der Waals surface area contributed by atoms with Crippen LogP contribution in [0, 0.1) is 6.92 Å². The number of para-hydroxylation sites is 1. The molecular weight excluding hydrogens is 566 g/mol. The maximum atomic E-state index is 13.9. The van der Waals surface area contributed by atoms with Crippen molar-refractivity contribution in [3.8, 4) is 16.8 Å². The molecule has 3 aromatic rings. The molecule has 3 rings (SSSR count). The number of aromatic nitrogens is 2. The maximum Gasteiger partial charge on any atom is 0.408 e. The number of hydrogen-bond acceptors (Lipinski definition) is 6. The van der Waals surface area contributed by atoms with E-state index in [0.29, 0.717) is 39.6 Å². The number of amides is 2. The van der Waals surface area contributed by atoms with Crippen LogP contribution in [-0.4, -0.2) is 57.5 Å². The summed E-state index contributed by atoms with van der Waals surface area (Å²) in [7, 11) is 3.52. The van der Waals surface area contributed by atoms with Gasteiger partial charge in [0.25, 0.3) is 5.56 Å². The van der Waals surface area contributed by atoms with E-state index >= 15 is 0 Å². The third-order valence-corrected chi connectivity index (χ3v) is 7.47. The molecular formula is C33H44ClN5O4. The van der Waals surface area contributed by atoms with Gasteiger partial charge in [0.05, 0.1) is 17.8 Å². The molecule has 0 saturated carbocycles. The van der Waals surface area contributed by atoms with Gasteiger partial charge in [0.2, 0.25) is 5.91 Å². The molecule has 0 aliphatic heterocycles. The number of anilines is 1. The van der Waals surface area contributed by atoms with Crippen molar-refractivity contribution in [2.24, 2.45) is 0 Å². The highest BCUT2D eigenvalue weighted by atomic mass is 35.5. The molecule has 0 fully saturated rings. The molecule has 1 aromatic heterocycles. The number of ether oxygens (including phenoxy) is 1. The summed E-state index contributed by atoms with van der Waals surface area (Å²) < 4.78 is 6.79. The van der Waals surface area contributed by atoms with E-state index in [1.54, 1.807) is 50.2 Å². The smallest absolute Gasteiger partial charge is 0.408 e. The van der Waals surface area contributed by atoms with E-state index in [1.807, 2.05) is 72.7 Å². The van der Waals surface area contributed by atoms with Crippen molar-refractivity contribution in [1.29, 1.82) is 0 Å². The Morgan fingerprint density at radius 1 is 1.02 bits per heavy atom. The maximum absolute atomic E-state index is 13.9. The van der Waals surface area contributed by atoms with E-state index < -0.39 is 22.8 Å². The van der Waals surface area contributed by atoms with Crippen LogP contribution in [0.1, 0.15) is 66.1 Å². The van der Waals surface area contributed by atoms with Gasteiger partial charge in [-0.1, -0.05) is 35.9 Å². The van der Waals surface area contributed by atoms with Gasteiger partial charge in [-0.05, 0) is 86.1 Å². The molecule has 0 spiro atoms. The first-order valence-electron chi connectivity index (χ1n) is 14.3. The monoisotopic (exact) mass is 609 g/mol. The van der Waals surface area contributed by atoms with Gasteiger partial charge in [0, 0.05) is 52.6 Å². The summed E-state index contributed by atoms with van der Waals surface area (Å²) in [5.41, 5.74) is 1.31. The zero-order valence-electron chi connectivity index (χ0n) is 26.9. The summed E-state index contributed by atoms with van der Waals surface area (Å²) in [6.07, 6.45) is -0.126. The number of carbonyl (C=O) groups is 2. The van der Waals surface area contributed by atoms with E-state index in [2.05, 4.69) is 10.6 Å². The molecule has 2 aromatic carbocycles. The second-order valence-corrected chi connectivity index (χ2v) is 13.5. The Bertz CT molecular complexity index is 1540. The van der Waals surface area contributed by atoms with Crippen molar-refractivity contribution in [3.63, 3.8) is 0 Å². The molecule has 1 heterocycles. The lowest BCUT2D eigenvalue weighted by molar-refractivity contribution is -0.134. The number of hydrogen-bond donors (Lipinski definition) is 2. The van der Waals surface area contributed by atoms with Gasteiger partial charge in [0.1, 0.15) is 5.60 Å². The first-order chi connectivity index (χ1) is 19.8. The molecule has 0 aliphatic carbocycles. The van der Waals surface area contributed by atoms with Gasteiger partial charge in [0.15, 0.2) is 0 Å². The Balaban J connectivity index is 2.02. The van der Waals surface area contributed by atoms with Gasteiger partial charge in [-0.15, -0.1) is 0 Å². The van der Waals surface area contributed by atoms with E-state index in [9.17, 15) is 14.4 Å². The van der Waals surface area contributed by atoms with Crippen molar-refractivity contribution in [3.05, 3.63) is 75.2 Å². The third kappa shape index (κ3) is 8.38. The minimum atomic E-state index is -0.675. The molecule has 43 heavy (non-hydrogen) atoms. The molecule has 0 atom stereocenters. The van der Waals surface area contributed by atoms with Crippen molar-refractivity contribution < 1.29 is 14.3 Å². The van der Waals surface area contributed by atoms with E-state index in [4.69, 9.17) is 21.4 Å². The average Bonchev–Trinajstić information content (AvgIpc) is 2.89. The number of carbonyl (C=O) groups excluding carboxylic acids is 2. The van der Waals surface area contributed by atoms with Crippen LogP contribution in [-0.2, 0) is 16.0 Å². The fraction of sp³-hybridized carbons (Fsp3) is 0.455. The first kappa shape index (κ1) is 33.6. The number of nitrogens with one attached hydrogen (secondary N) is 2. The van der Waals surface area contributed by atoms with Gasteiger partial charge < -0.3 is 20.3 Å². The van der Waals surface area contributed by atoms with Crippen LogP contribution in [0.25, 0.3) is 16.8 Å². The quantitative estimate of drug-likeness (QED) is 0.292. The summed E-state index contributed by atoms with van der Waals surface area (Å²) in [6, 6.07) is 14.5. The highest BCUT2D eigenvalue weighted by Crippen LogP contribution is 2.34. The molecule has 0 radical (unpaired) electrons. The third-order valence-electron chi connectivity index (χ3n) is 7.23. The van der Waals surface area contributed by atoms with E-state index in [-0.39, 0.29) is 17.9 Å². The predicted molar refractivity (Wildman–Crippen MR) is 173 cm³/mol. The summed E-state index contributed by atoms with van der Waals surface area (Å²) >= 11 is 6.27. The first-order valence-corrected chi connectivity index (χ1v) is 14.7. The van der Waals surface area contributed by atoms with Crippen molar-refractivity contribution >= 4 is 29.3 Å². The van der Waals surface area contributed by atoms with Gasteiger partial charge in [-0.2, -0.15) is 9.78 Å². The van der Waals surface area contributed by atoms with Crippen LogP contribution in [0.3, 0.4) is 0 Å². The average molecular weight is 610 g/mol. The lowest BCUT2D eigenvalue weighted by atomic mass is 9.85. The summed E-state index contributed by atoms with van der Waals surface area (Å²) in [4.78, 5) is 41.7. The number of rotatable bonds is 9. The minimum absolute atomic E-state index is 0.0606. The number of nitrogens with zero attached hydrogens (tertiary/aromatic N) is 3. The minimum Gasteiger partial charge on any atom is -0.444 e. The fourth-order valence-electron chi connectivity index (χ4n) is 5.29. The molecule has 0 aliphatic rings. The SMILES string of the molecule is CNc1cc(Cl)ccc1-c1c(CC(=O)N(C)C(C)(C)CC(C)(C)NC(=O)OC(C)(C)C)nn(-c2ccccc2)c(=O)c1C. The second-order valence-electron chi connectivity index (χ2n) is 13.1. The van der Waals surface area contributed by atoms with Crippen LogP contribution in [0.15, 0.2) is 53.3 Å². The topological polar surface area (TPSA) is 106 Å². The standard InChI is InChI=1S/C33H44ClN5O4/c1-21-28(24-17-16-22(34)18-25(24)35-9)26(37-39(29(21)41)23-14-12-11-13-15-23)19-27(40)38(10)33(7,8)20-32(5,6)36-30(42)43-31(2,3)4/h11-18,35H,19-20H2,1-10H3,(H,36,42). The Hall–Kier alpha value is -3.85. The Kier molecular flexibility index (Phi) is 10.0. The summed E-state index contributed by atoms with van der Waals surface area (Å²) in [5.74, 6) is -0.190. The predicted octanol–water partition coefficient (Wildman–Crippen LogP) is 6.38. The van der Waals surface area contributed by atoms with E-state index in [1.165, 1.54) is 4.68 Å². The zero-order chi connectivity index (χ0) is 32.3. The highest BCUT2D eigenvalue weighted by molar-refractivity contribution is 6.31. The Labute approximate surface area is 259 Å². The Morgan fingerprint density at radius 3 is 2.23 bits per heavy atom. The number of alkyl carbamates (subject to hydrolysis) is 1. The molecule has 232 valence electrons. The van der Waals surface area contributed by atoms with Crippen LogP contribution in [0.2, 0.25) is 5.02 Å². The molecule has 0 saturated heterocycles. The van der Waals surface area contributed by atoms with Gasteiger partial charge >= 0.3 is 6.09 Å². The normalized spacial score (nSPS) is 12.1. The molecule has 2 amide bonds. The van der Waals surface area contributed by atoms with Crippen LogP contribution in [0.5, 0.6) is 0 Å². The van der Waals surface area contributed by atoms with Crippen LogP contribution < -0.4 is 16.2 Å². The molecule has 9 nitrogen and oxygen atoms in total. The van der Waals surface area contributed by atoms with Crippen LogP contribution in [0.4, 0.5) is 10.5 Å². The molecule has 10 heteroatoms. The van der Waals surface area contributed by atoms with E-state index in [0.717, 1.165) is 5.56 Å². The number of halogens is 1. The largest absolute Gasteiger partial charge is 0.444 e. The highest BCUT2D eigenvalue weighted by Gasteiger charge is 2.36. The lowest BCUT2D eigenvalue weighted by Gasteiger charge is -2.42.